The van der Waals surface area contributed by atoms with Gasteiger partial charge in [-0.25, -0.2) is 0 Å². The first-order valence-corrected chi connectivity index (χ1v) is 8.62. The number of carbonyl (C=O) groups excluding carboxylic acids is 1. The van der Waals surface area contributed by atoms with Crippen LogP contribution < -0.4 is 11.1 Å². The van der Waals surface area contributed by atoms with E-state index in [-0.39, 0.29) is 18.0 Å². The molecule has 6 heteroatoms. The predicted molar refractivity (Wildman–Crippen MR) is 84.1 cm³/mol. The molecule has 0 unspecified atom stereocenters. The molecule has 3 N–H and O–H groups in total. The van der Waals surface area contributed by atoms with Crippen LogP contribution in [0.15, 0.2) is 0 Å². The van der Waals surface area contributed by atoms with Crippen LogP contribution in [-0.2, 0) is 17.8 Å². The van der Waals surface area contributed by atoms with E-state index in [9.17, 15) is 4.79 Å². The van der Waals surface area contributed by atoms with Gasteiger partial charge in [0, 0.05) is 25.4 Å². The fourth-order valence-corrected chi connectivity index (χ4v) is 3.75. The Morgan fingerprint density at radius 2 is 2.18 bits per heavy atom. The van der Waals surface area contributed by atoms with E-state index in [0.29, 0.717) is 12.3 Å². The molecule has 1 aliphatic heterocycles. The van der Waals surface area contributed by atoms with Gasteiger partial charge in [-0.2, -0.15) is 0 Å². The summed E-state index contributed by atoms with van der Waals surface area (Å²) in [7, 11) is 0. The molecule has 0 spiro atoms. The van der Waals surface area contributed by atoms with Gasteiger partial charge in [-0.15, -0.1) is 10.2 Å². The molecule has 0 saturated heterocycles. The van der Waals surface area contributed by atoms with Gasteiger partial charge in [-0.05, 0) is 38.5 Å². The fourth-order valence-electron chi connectivity index (χ4n) is 3.75. The maximum absolute atomic E-state index is 12.3. The van der Waals surface area contributed by atoms with Gasteiger partial charge in [-0.1, -0.05) is 12.8 Å². The van der Waals surface area contributed by atoms with Gasteiger partial charge < -0.3 is 15.6 Å². The van der Waals surface area contributed by atoms with E-state index >= 15 is 0 Å². The number of nitrogens with zero attached hydrogens (tertiary/aromatic N) is 3. The van der Waals surface area contributed by atoms with Crippen LogP contribution in [0.5, 0.6) is 0 Å². The van der Waals surface area contributed by atoms with Crippen molar-refractivity contribution in [2.75, 3.05) is 0 Å². The van der Waals surface area contributed by atoms with Crippen molar-refractivity contribution in [2.24, 2.45) is 11.7 Å². The van der Waals surface area contributed by atoms with Crippen molar-refractivity contribution in [1.29, 1.82) is 0 Å². The van der Waals surface area contributed by atoms with Crippen molar-refractivity contribution in [3.05, 3.63) is 11.6 Å². The fraction of sp³-hybridized carbons (Fsp3) is 0.812. The number of nitrogens with two attached hydrogens (primary N) is 1. The second-order valence-corrected chi connectivity index (χ2v) is 6.78. The minimum atomic E-state index is -0.0931. The molecule has 1 amide bonds. The standard InChI is InChI=1S/C16H27N5O/c1-11(18-15(22)10-12-6-5-7-13(12)17)16-20-19-14-8-3-2-4-9-21(14)16/h11-13H,2-10,17H2,1H3,(H,18,22)/t11-,12+,13-/m1/s1. The Morgan fingerprint density at radius 3 is 2.95 bits per heavy atom. The molecule has 0 aromatic carbocycles. The summed E-state index contributed by atoms with van der Waals surface area (Å²) in [6.07, 6.45) is 8.37. The summed E-state index contributed by atoms with van der Waals surface area (Å²) in [4.78, 5) is 12.3. The number of aromatic nitrogens is 3. The maximum Gasteiger partial charge on any atom is 0.220 e. The molecule has 2 heterocycles. The summed E-state index contributed by atoms with van der Waals surface area (Å²) in [5.74, 6) is 2.37. The molecule has 0 radical (unpaired) electrons. The predicted octanol–water partition coefficient (Wildman–Crippen LogP) is 1.70. The van der Waals surface area contributed by atoms with Crippen LogP contribution in [0.4, 0.5) is 0 Å². The molecule has 6 nitrogen and oxygen atoms in total. The van der Waals surface area contributed by atoms with Gasteiger partial charge in [0.05, 0.1) is 6.04 Å². The topological polar surface area (TPSA) is 85.8 Å². The zero-order chi connectivity index (χ0) is 15.5. The average molecular weight is 305 g/mol. The van der Waals surface area contributed by atoms with Crippen LogP contribution in [0.25, 0.3) is 0 Å². The number of hydrogen-bond donors (Lipinski definition) is 2. The van der Waals surface area contributed by atoms with Crippen LogP contribution in [0, 0.1) is 5.92 Å². The summed E-state index contributed by atoms with van der Waals surface area (Å²) in [6, 6.07) is 0.0925. The van der Waals surface area contributed by atoms with Crippen molar-refractivity contribution in [2.45, 2.75) is 76.9 Å². The molecular weight excluding hydrogens is 278 g/mol. The Kier molecular flexibility index (Phi) is 4.76. The smallest absolute Gasteiger partial charge is 0.220 e. The molecule has 1 saturated carbocycles. The highest BCUT2D eigenvalue weighted by Gasteiger charge is 2.27. The number of fused-ring (bicyclic) bond motifs is 1. The molecule has 0 bridgehead atoms. The lowest BCUT2D eigenvalue weighted by Crippen LogP contribution is -2.33. The molecule has 2 aliphatic rings. The zero-order valence-corrected chi connectivity index (χ0v) is 13.4. The van der Waals surface area contributed by atoms with Crippen molar-refractivity contribution < 1.29 is 4.79 Å². The van der Waals surface area contributed by atoms with E-state index in [1.807, 2.05) is 6.92 Å². The van der Waals surface area contributed by atoms with E-state index in [4.69, 9.17) is 5.73 Å². The molecular formula is C16H27N5O. The van der Waals surface area contributed by atoms with Gasteiger partial charge in [-0.3, -0.25) is 4.79 Å². The second-order valence-electron chi connectivity index (χ2n) is 6.78. The highest BCUT2D eigenvalue weighted by Crippen LogP contribution is 2.27. The first-order chi connectivity index (χ1) is 10.6. The minimum absolute atomic E-state index is 0.0841. The molecule has 22 heavy (non-hydrogen) atoms. The Hall–Kier alpha value is -1.43. The lowest BCUT2D eigenvalue weighted by atomic mass is 10.00. The van der Waals surface area contributed by atoms with Gasteiger partial charge in [0.2, 0.25) is 5.91 Å². The first-order valence-electron chi connectivity index (χ1n) is 8.62. The average Bonchev–Trinajstić information content (AvgIpc) is 2.99. The molecule has 3 atom stereocenters. The molecule has 122 valence electrons. The Bertz CT molecular complexity index is 527. The summed E-state index contributed by atoms with van der Waals surface area (Å²) < 4.78 is 2.19. The maximum atomic E-state index is 12.3. The highest BCUT2D eigenvalue weighted by molar-refractivity contribution is 5.76. The monoisotopic (exact) mass is 305 g/mol. The Morgan fingerprint density at radius 1 is 1.32 bits per heavy atom. The van der Waals surface area contributed by atoms with Gasteiger partial charge in [0.15, 0.2) is 5.82 Å². The molecule has 3 rings (SSSR count). The van der Waals surface area contributed by atoms with E-state index in [1.165, 1.54) is 12.8 Å². The van der Waals surface area contributed by atoms with Gasteiger partial charge in [0.25, 0.3) is 0 Å². The van der Waals surface area contributed by atoms with Gasteiger partial charge in [0.1, 0.15) is 5.82 Å². The largest absolute Gasteiger partial charge is 0.346 e. The van der Waals surface area contributed by atoms with E-state index in [0.717, 1.165) is 50.3 Å². The molecule has 1 fully saturated rings. The Labute approximate surface area is 131 Å². The van der Waals surface area contributed by atoms with Crippen molar-refractivity contribution >= 4 is 5.91 Å². The van der Waals surface area contributed by atoms with E-state index < -0.39 is 0 Å². The summed E-state index contributed by atoms with van der Waals surface area (Å²) in [5, 5.41) is 11.7. The van der Waals surface area contributed by atoms with Crippen LogP contribution >= 0.6 is 0 Å². The summed E-state index contributed by atoms with van der Waals surface area (Å²) >= 11 is 0. The SMILES string of the molecule is C[C@@H](NC(=O)C[C@@H]1CCC[C@H]1N)c1nnc2n1CCCCC2. The number of carbonyl (C=O) groups is 1. The van der Waals surface area contributed by atoms with Crippen molar-refractivity contribution in [1.82, 2.24) is 20.1 Å². The molecule has 1 aromatic rings. The van der Waals surface area contributed by atoms with Crippen LogP contribution in [0.2, 0.25) is 0 Å². The van der Waals surface area contributed by atoms with Crippen LogP contribution in [-0.4, -0.2) is 26.7 Å². The normalized spacial score (nSPS) is 26.3. The first kappa shape index (κ1) is 15.5. The number of aryl methyl sites for hydroxylation is 1. The number of amides is 1. The van der Waals surface area contributed by atoms with Crippen LogP contribution in [0.3, 0.4) is 0 Å². The Balaban J connectivity index is 1.60. The van der Waals surface area contributed by atoms with Crippen LogP contribution in [0.1, 0.15) is 69.6 Å². The lowest BCUT2D eigenvalue weighted by Gasteiger charge is -2.18. The number of rotatable bonds is 4. The third-order valence-electron chi connectivity index (χ3n) is 5.07. The summed E-state index contributed by atoms with van der Waals surface area (Å²) in [6.45, 7) is 2.96. The quantitative estimate of drug-likeness (QED) is 0.886. The minimum Gasteiger partial charge on any atom is -0.346 e. The number of hydrogen-bond acceptors (Lipinski definition) is 4. The van der Waals surface area contributed by atoms with Crippen molar-refractivity contribution in [3.8, 4) is 0 Å². The summed E-state index contributed by atoms with van der Waals surface area (Å²) in [5.41, 5.74) is 6.05. The molecule has 1 aromatic heterocycles. The number of nitrogens with one attached hydrogen (secondary N) is 1. The van der Waals surface area contributed by atoms with E-state index in [2.05, 4.69) is 20.1 Å². The lowest BCUT2D eigenvalue weighted by molar-refractivity contribution is -0.122. The third kappa shape index (κ3) is 3.32. The van der Waals surface area contributed by atoms with Gasteiger partial charge >= 0.3 is 0 Å². The second kappa shape index (κ2) is 6.77. The highest BCUT2D eigenvalue weighted by atomic mass is 16.1. The molecule has 1 aliphatic carbocycles. The third-order valence-corrected chi connectivity index (χ3v) is 5.07. The van der Waals surface area contributed by atoms with E-state index in [1.54, 1.807) is 0 Å². The zero-order valence-electron chi connectivity index (χ0n) is 13.4. The van der Waals surface area contributed by atoms with Crippen molar-refractivity contribution in [3.63, 3.8) is 0 Å².